The van der Waals surface area contributed by atoms with Gasteiger partial charge in [-0.15, -0.1) is 0 Å². The number of carbonyl (C=O) groups excluding carboxylic acids is 2. The Morgan fingerprint density at radius 1 is 1.14 bits per heavy atom. The van der Waals surface area contributed by atoms with Gasteiger partial charge in [0.1, 0.15) is 11.5 Å². The minimum atomic E-state index is -0.914. The molecule has 150 valence electrons. The lowest BCUT2D eigenvalue weighted by Crippen LogP contribution is -2.32. The second kappa shape index (κ2) is 8.11. The molecule has 1 amide bonds. The van der Waals surface area contributed by atoms with Crippen LogP contribution in [0.1, 0.15) is 17.2 Å². The van der Waals surface area contributed by atoms with Crippen LogP contribution in [0.5, 0.6) is 5.75 Å². The number of ether oxygens (including phenoxy) is 1. The van der Waals surface area contributed by atoms with Crippen LogP contribution in [-0.4, -0.2) is 52.0 Å². The summed E-state index contributed by atoms with van der Waals surface area (Å²) in [7, 11) is 1.50. The number of nitrogens with zero attached hydrogens (tertiary/aromatic N) is 2. The molecule has 29 heavy (non-hydrogen) atoms. The Morgan fingerprint density at radius 3 is 2.28 bits per heavy atom. The number of Topliss-reactive ketones (excluding diaryl/α,β-unsaturated/α-hetero) is 1. The molecular formula is C20H18N2O7. The molecule has 1 saturated heterocycles. The summed E-state index contributed by atoms with van der Waals surface area (Å²) in [5.74, 6) is -1.61. The predicted octanol–water partition coefficient (Wildman–Crippen LogP) is 2.02. The standard InChI is InChI=1S/C20H18N2O7/c1-29-15-8-4-12(5-9-15)17-16(19(25)20(26)21(17)10-11-23)18(24)13-2-6-14(7-3-13)22(27)28/h2-9,17,23-24H,10-11H2,1H3/t17-/m1/s1. The van der Waals surface area contributed by atoms with E-state index in [1.165, 1.54) is 36.3 Å². The largest absolute Gasteiger partial charge is 0.507 e. The van der Waals surface area contributed by atoms with E-state index in [-0.39, 0.29) is 30.0 Å². The molecule has 0 aromatic heterocycles. The summed E-state index contributed by atoms with van der Waals surface area (Å²) in [4.78, 5) is 36.6. The highest BCUT2D eigenvalue weighted by atomic mass is 16.6. The quantitative estimate of drug-likeness (QED) is 0.250. The molecule has 2 aromatic carbocycles. The van der Waals surface area contributed by atoms with E-state index in [0.29, 0.717) is 11.3 Å². The predicted molar refractivity (Wildman–Crippen MR) is 102 cm³/mol. The first-order valence-electron chi connectivity index (χ1n) is 8.67. The lowest BCUT2D eigenvalue weighted by Gasteiger charge is -2.24. The van der Waals surface area contributed by atoms with Gasteiger partial charge in [-0.05, 0) is 29.8 Å². The highest BCUT2D eigenvalue weighted by Crippen LogP contribution is 2.39. The lowest BCUT2D eigenvalue weighted by atomic mass is 9.95. The van der Waals surface area contributed by atoms with Crippen molar-refractivity contribution < 1.29 is 29.5 Å². The molecule has 2 N–H and O–H groups in total. The van der Waals surface area contributed by atoms with E-state index in [1.54, 1.807) is 24.3 Å². The Hall–Kier alpha value is -3.72. The van der Waals surface area contributed by atoms with Gasteiger partial charge < -0.3 is 19.8 Å². The molecule has 0 radical (unpaired) electrons. The second-order valence-corrected chi connectivity index (χ2v) is 6.29. The van der Waals surface area contributed by atoms with E-state index in [9.17, 15) is 29.9 Å². The van der Waals surface area contributed by atoms with Crippen LogP contribution in [0.2, 0.25) is 0 Å². The molecule has 1 heterocycles. The third-order valence-electron chi connectivity index (χ3n) is 4.66. The highest BCUT2D eigenvalue weighted by Gasteiger charge is 2.45. The summed E-state index contributed by atoms with van der Waals surface area (Å²) in [6.07, 6.45) is 0. The second-order valence-electron chi connectivity index (χ2n) is 6.29. The minimum absolute atomic E-state index is 0.0989. The minimum Gasteiger partial charge on any atom is -0.507 e. The van der Waals surface area contributed by atoms with Gasteiger partial charge >= 0.3 is 0 Å². The molecule has 0 aliphatic carbocycles. The van der Waals surface area contributed by atoms with Crippen LogP contribution < -0.4 is 4.74 Å². The molecular weight excluding hydrogens is 380 g/mol. The van der Waals surface area contributed by atoms with Crippen molar-refractivity contribution in [1.82, 2.24) is 4.90 Å². The van der Waals surface area contributed by atoms with E-state index < -0.39 is 28.4 Å². The van der Waals surface area contributed by atoms with Gasteiger partial charge in [0.25, 0.3) is 17.4 Å². The fraction of sp³-hybridized carbons (Fsp3) is 0.200. The molecule has 0 bridgehead atoms. The van der Waals surface area contributed by atoms with Crippen molar-refractivity contribution in [3.05, 3.63) is 75.3 Å². The van der Waals surface area contributed by atoms with Crippen LogP contribution in [0.25, 0.3) is 5.76 Å². The molecule has 0 unspecified atom stereocenters. The third kappa shape index (κ3) is 3.67. The van der Waals surface area contributed by atoms with Crippen LogP contribution in [0.15, 0.2) is 54.1 Å². The van der Waals surface area contributed by atoms with Crippen molar-refractivity contribution in [2.24, 2.45) is 0 Å². The number of non-ortho nitro benzene ring substituents is 1. The lowest BCUT2D eigenvalue weighted by molar-refractivity contribution is -0.384. The van der Waals surface area contributed by atoms with Crippen molar-refractivity contribution in [2.45, 2.75) is 6.04 Å². The molecule has 1 atom stereocenters. The molecule has 1 aliphatic heterocycles. The summed E-state index contributed by atoms with van der Waals surface area (Å²) in [6, 6.07) is 10.7. The smallest absolute Gasteiger partial charge is 0.295 e. The first kappa shape index (κ1) is 20.0. The first-order valence-corrected chi connectivity index (χ1v) is 8.67. The van der Waals surface area contributed by atoms with Crippen LogP contribution in [0.4, 0.5) is 5.69 Å². The maximum atomic E-state index is 12.7. The Morgan fingerprint density at radius 2 is 1.76 bits per heavy atom. The van der Waals surface area contributed by atoms with Gasteiger partial charge in [-0.25, -0.2) is 0 Å². The Labute approximate surface area is 165 Å². The van der Waals surface area contributed by atoms with E-state index in [4.69, 9.17) is 4.74 Å². The summed E-state index contributed by atoms with van der Waals surface area (Å²) in [6.45, 7) is -0.463. The van der Waals surface area contributed by atoms with E-state index in [2.05, 4.69) is 0 Å². The van der Waals surface area contributed by atoms with Crippen molar-refractivity contribution in [3.8, 4) is 5.75 Å². The van der Waals surface area contributed by atoms with Crippen LogP contribution >= 0.6 is 0 Å². The SMILES string of the molecule is COc1ccc([C@@H]2C(=C(O)c3ccc([N+](=O)[O-])cc3)C(=O)C(=O)N2CCO)cc1. The number of benzene rings is 2. The number of amides is 1. The maximum Gasteiger partial charge on any atom is 0.295 e. The zero-order valence-corrected chi connectivity index (χ0v) is 15.4. The first-order chi connectivity index (χ1) is 13.9. The number of hydrogen-bond donors (Lipinski definition) is 2. The summed E-state index contributed by atoms with van der Waals surface area (Å²) < 4.78 is 5.12. The number of ketones is 1. The number of β-amino-alcohol motifs (C(OH)–C–C–N with tert-alkyl or cyclic N) is 1. The molecule has 0 saturated carbocycles. The number of aliphatic hydroxyl groups is 2. The molecule has 9 nitrogen and oxygen atoms in total. The van der Waals surface area contributed by atoms with Crippen molar-refractivity contribution >= 4 is 23.1 Å². The molecule has 2 aromatic rings. The van der Waals surface area contributed by atoms with Crippen LogP contribution in [-0.2, 0) is 9.59 Å². The van der Waals surface area contributed by atoms with Gasteiger partial charge in [0.15, 0.2) is 0 Å². The molecule has 1 fully saturated rings. The third-order valence-corrected chi connectivity index (χ3v) is 4.66. The Balaban J connectivity index is 2.13. The summed E-state index contributed by atoms with van der Waals surface area (Å²) in [5.41, 5.74) is 0.384. The Kier molecular flexibility index (Phi) is 5.60. The number of hydrogen-bond acceptors (Lipinski definition) is 7. The monoisotopic (exact) mass is 398 g/mol. The zero-order valence-electron chi connectivity index (χ0n) is 15.4. The molecule has 9 heteroatoms. The van der Waals surface area contributed by atoms with E-state index >= 15 is 0 Å². The van der Waals surface area contributed by atoms with Crippen LogP contribution in [0.3, 0.4) is 0 Å². The van der Waals surface area contributed by atoms with Gasteiger partial charge in [0.05, 0.1) is 30.3 Å². The van der Waals surface area contributed by atoms with Gasteiger partial charge in [-0.3, -0.25) is 19.7 Å². The molecule has 0 spiro atoms. The number of rotatable bonds is 6. The number of likely N-dealkylation sites (tertiary alicyclic amines) is 1. The van der Waals surface area contributed by atoms with Crippen molar-refractivity contribution in [1.29, 1.82) is 0 Å². The summed E-state index contributed by atoms with van der Waals surface area (Å²) >= 11 is 0. The van der Waals surface area contributed by atoms with Crippen LogP contribution in [0, 0.1) is 10.1 Å². The van der Waals surface area contributed by atoms with Gasteiger partial charge in [0.2, 0.25) is 0 Å². The number of methoxy groups -OCH3 is 1. The van der Waals surface area contributed by atoms with Crippen molar-refractivity contribution in [3.63, 3.8) is 0 Å². The molecule has 3 rings (SSSR count). The fourth-order valence-corrected chi connectivity index (χ4v) is 3.25. The zero-order chi connectivity index (χ0) is 21.1. The number of aliphatic hydroxyl groups excluding tert-OH is 2. The topological polar surface area (TPSA) is 130 Å². The van der Waals surface area contributed by atoms with Gasteiger partial charge in [0, 0.05) is 24.2 Å². The average molecular weight is 398 g/mol. The van der Waals surface area contributed by atoms with E-state index in [0.717, 1.165) is 0 Å². The molecule has 1 aliphatic rings. The maximum absolute atomic E-state index is 12.7. The Bertz CT molecular complexity index is 981. The van der Waals surface area contributed by atoms with Gasteiger partial charge in [-0.1, -0.05) is 12.1 Å². The highest BCUT2D eigenvalue weighted by molar-refractivity contribution is 6.46. The number of nitro groups is 1. The fourth-order valence-electron chi connectivity index (χ4n) is 3.25. The van der Waals surface area contributed by atoms with Crippen molar-refractivity contribution in [2.75, 3.05) is 20.3 Å². The number of nitro benzene ring substituents is 1. The summed E-state index contributed by atoms with van der Waals surface area (Å²) in [5, 5.41) is 30.9. The number of carbonyl (C=O) groups is 2. The normalized spacial score (nSPS) is 18.1. The van der Waals surface area contributed by atoms with Gasteiger partial charge in [-0.2, -0.15) is 0 Å². The van der Waals surface area contributed by atoms with E-state index in [1.807, 2.05) is 0 Å². The average Bonchev–Trinajstić information content (AvgIpc) is 2.98.